The van der Waals surface area contributed by atoms with Gasteiger partial charge >= 0.3 is 6.03 Å². The maximum atomic E-state index is 12.0. The van der Waals surface area contributed by atoms with Crippen molar-refractivity contribution >= 4 is 11.9 Å². The normalized spacial score (nSPS) is 18.7. The first-order valence-corrected chi connectivity index (χ1v) is 8.19. The summed E-state index contributed by atoms with van der Waals surface area (Å²) in [5.41, 5.74) is 1.23. The number of imide groups is 1. The first-order valence-electron chi connectivity index (χ1n) is 8.19. The molecule has 1 fully saturated rings. The zero-order chi connectivity index (χ0) is 18.6. The number of aliphatic hydroxyl groups is 1. The van der Waals surface area contributed by atoms with Crippen LogP contribution in [0.15, 0.2) is 24.3 Å². The molecule has 1 aromatic carbocycles. The molecule has 25 heavy (non-hydrogen) atoms. The quantitative estimate of drug-likeness (QED) is 0.608. The van der Waals surface area contributed by atoms with Gasteiger partial charge in [0.05, 0.1) is 6.54 Å². The van der Waals surface area contributed by atoms with Crippen LogP contribution >= 0.6 is 0 Å². The molecule has 0 unspecified atom stereocenters. The van der Waals surface area contributed by atoms with E-state index in [1.807, 2.05) is 24.3 Å². The van der Waals surface area contributed by atoms with Crippen LogP contribution in [0, 0.1) is 12.3 Å². The Kier molecular flexibility index (Phi) is 5.70. The monoisotopic (exact) mass is 344 g/mol. The topological polar surface area (TPSA) is 78.9 Å². The van der Waals surface area contributed by atoms with E-state index in [9.17, 15) is 14.7 Å². The Bertz CT molecular complexity index is 670. The van der Waals surface area contributed by atoms with Crippen molar-refractivity contribution in [2.45, 2.75) is 44.8 Å². The predicted octanol–water partition coefficient (Wildman–Crippen LogP) is 1.67. The number of amides is 3. The number of terminal acetylenes is 1. The van der Waals surface area contributed by atoms with Crippen molar-refractivity contribution in [2.75, 3.05) is 13.2 Å². The fourth-order valence-corrected chi connectivity index (χ4v) is 2.51. The van der Waals surface area contributed by atoms with Gasteiger partial charge in [0.2, 0.25) is 0 Å². The van der Waals surface area contributed by atoms with Crippen LogP contribution in [0.4, 0.5) is 4.79 Å². The molecule has 1 heterocycles. The highest BCUT2D eigenvalue weighted by Gasteiger charge is 2.38. The van der Waals surface area contributed by atoms with Gasteiger partial charge in [-0.05, 0) is 23.1 Å². The summed E-state index contributed by atoms with van der Waals surface area (Å²) in [4.78, 5) is 24.8. The molecule has 2 rings (SSSR count). The van der Waals surface area contributed by atoms with Crippen molar-refractivity contribution in [3.05, 3.63) is 29.8 Å². The molecule has 2 N–H and O–H groups in total. The Balaban J connectivity index is 1.87. The number of aliphatic hydroxyl groups excluding tert-OH is 1. The first kappa shape index (κ1) is 18.8. The highest BCUT2D eigenvalue weighted by Crippen LogP contribution is 2.24. The number of rotatable bonds is 6. The molecule has 6 nitrogen and oxygen atoms in total. The fraction of sp³-hybridized carbons (Fsp3) is 0.474. The lowest BCUT2D eigenvalue weighted by atomic mass is 9.87. The van der Waals surface area contributed by atoms with E-state index in [4.69, 9.17) is 11.2 Å². The third-order valence-corrected chi connectivity index (χ3v) is 3.99. The van der Waals surface area contributed by atoms with Crippen molar-refractivity contribution in [1.29, 1.82) is 0 Å². The lowest BCUT2D eigenvalue weighted by Crippen LogP contribution is -2.40. The molecular weight excluding hydrogens is 320 g/mol. The molecule has 0 aliphatic carbocycles. The Labute approximate surface area is 148 Å². The van der Waals surface area contributed by atoms with Gasteiger partial charge in [-0.2, -0.15) is 0 Å². The molecule has 0 radical (unpaired) electrons. The van der Waals surface area contributed by atoms with Crippen LogP contribution in [-0.4, -0.2) is 47.2 Å². The average molecular weight is 344 g/mol. The molecule has 1 aliphatic rings. The number of ether oxygens (including phenoxy) is 1. The lowest BCUT2D eigenvalue weighted by Gasteiger charge is -2.20. The molecule has 2 atom stereocenters. The van der Waals surface area contributed by atoms with Crippen LogP contribution in [0.25, 0.3) is 0 Å². The fourth-order valence-electron chi connectivity index (χ4n) is 2.51. The van der Waals surface area contributed by atoms with E-state index in [0.717, 1.165) is 4.90 Å². The SMILES string of the molecule is C#CC[C@H]1NC(=O)N(C[C@H](O)COc2ccc(C(C)(C)C)cc2)C1=O. The van der Waals surface area contributed by atoms with Gasteiger partial charge in [0.1, 0.15) is 24.5 Å². The number of carbonyl (C=O) groups excluding carboxylic acids is 2. The molecule has 0 bridgehead atoms. The summed E-state index contributed by atoms with van der Waals surface area (Å²) in [6.07, 6.45) is 4.32. The van der Waals surface area contributed by atoms with E-state index in [0.29, 0.717) is 5.75 Å². The Morgan fingerprint density at radius 1 is 1.32 bits per heavy atom. The van der Waals surface area contributed by atoms with Crippen LogP contribution in [0.2, 0.25) is 0 Å². The summed E-state index contributed by atoms with van der Waals surface area (Å²) >= 11 is 0. The van der Waals surface area contributed by atoms with Crippen LogP contribution in [0.3, 0.4) is 0 Å². The molecule has 1 aromatic rings. The summed E-state index contributed by atoms with van der Waals surface area (Å²) < 4.78 is 5.54. The highest BCUT2D eigenvalue weighted by atomic mass is 16.5. The summed E-state index contributed by atoms with van der Waals surface area (Å²) in [5.74, 6) is 2.55. The molecule has 1 aliphatic heterocycles. The number of hydrogen-bond donors (Lipinski definition) is 2. The molecule has 1 saturated heterocycles. The van der Waals surface area contributed by atoms with Crippen molar-refractivity contribution in [1.82, 2.24) is 10.2 Å². The summed E-state index contributed by atoms with van der Waals surface area (Å²) in [6, 6.07) is 6.37. The van der Waals surface area contributed by atoms with Gasteiger partial charge in [0.15, 0.2) is 0 Å². The van der Waals surface area contributed by atoms with E-state index < -0.39 is 24.1 Å². The van der Waals surface area contributed by atoms with Crippen LogP contribution < -0.4 is 10.1 Å². The second-order valence-electron chi connectivity index (χ2n) is 7.10. The van der Waals surface area contributed by atoms with Crippen LogP contribution in [0.1, 0.15) is 32.8 Å². The number of urea groups is 1. The minimum absolute atomic E-state index is 0.0221. The summed E-state index contributed by atoms with van der Waals surface area (Å²) in [5, 5.41) is 12.6. The van der Waals surface area contributed by atoms with Crippen molar-refractivity contribution in [3.8, 4) is 18.1 Å². The largest absolute Gasteiger partial charge is 0.491 e. The van der Waals surface area contributed by atoms with E-state index in [-0.39, 0.29) is 25.0 Å². The van der Waals surface area contributed by atoms with Gasteiger partial charge < -0.3 is 15.2 Å². The molecule has 6 heteroatoms. The predicted molar refractivity (Wildman–Crippen MR) is 94.1 cm³/mol. The van der Waals surface area contributed by atoms with Crippen molar-refractivity contribution < 1.29 is 19.4 Å². The number of carbonyl (C=O) groups is 2. The van der Waals surface area contributed by atoms with Crippen LogP contribution in [0.5, 0.6) is 5.75 Å². The molecule has 0 aromatic heterocycles. The maximum absolute atomic E-state index is 12.0. The van der Waals surface area contributed by atoms with Gasteiger partial charge in [0.25, 0.3) is 5.91 Å². The van der Waals surface area contributed by atoms with E-state index in [1.54, 1.807) is 0 Å². The Morgan fingerprint density at radius 3 is 2.52 bits per heavy atom. The van der Waals surface area contributed by atoms with Gasteiger partial charge in [-0.25, -0.2) is 4.79 Å². The Morgan fingerprint density at radius 2 is 1.96 bits per heavy atom. The standard InChI is InChI=1S/C19H24N2O4/c1-5-6-16-17(23)21(18(24)20-16)11-14(22)12-25-15-9-7-13(8-10-15)19(2,3)4/h1,7-10,14,16,22H,6,11-12H2,2-4H3,(H,20,24)/t14-,16+/m0/s1. The molecular formula is C19H24N2O4. The molecule has 134 valence electrons. The number of nitrogens with zero attached hydrogens (tertiary/aromatic N) is 1. The third-order valence-electron chi connectivity index (χ3n) is 3.99. The van der Waals surface area contributed by atoms with Gasteiger partial charge in [-0.3, -0.25) is 9.69 Å². The maximum Gasteiger partial charge on any atom is 0.324 e. The molecule has 3 amide bonds. The van der Waals surface area contributed by atoms with Crippen molar-refractivity contribution in [3.63, 3.8) is 0 Å². The minimum atomic E-state index is -0.985. The number of nitrogens with one attached hydrogen (secondary N) is 1. The summed E-state index contributed by atoms with van der Waals surface area (Å²) in [7, 11) is 0. The first-order chi connectivity index (χ1) is 11.7. The zero-order valence-electron chi connectivity index (χ0n) is 14.8. The van der Waals surface area contributed by atoms with Gasteiger partial charge in [0, 0.05) is 6.42 Å². The molecule has 0 spiro atoms. The molecule has 0 saturated carbocycles. The number of benzene rings is 1. The smallest absolute Gasteiger partial charge is 0.324 e. The van der Waals surface area contributed by atoms with Crippen molar-refractivity contribution in [2.24, 2.45) is 0 Å². The van der Waals surface area contributed by atoms with E-state index >= 15 is 0 Å². The van der Waals surface area contributed by atoms with E-state index in [2.05, 4.69) is 32.0 Å². The minimum Gasteiger partial charge on any atom is -0.491 e. The number of hydrogen-bond acceptors (Lipinski definition) is 4. The Hall–Kier alpha value is -2.52. The van der Waals surface area contributed by atoms with Gasteiger partial charge in [-0.1, -0.05) is 32.9 Å². The average Bonchev–Trinajstić information content (AvgIpc) is 2.80. The lowest BCUT2D eigenvalue weighted by molar-refractivity contribution is -0.128. The van der Waals surface area contributed by atoms with Gasteiger partial charge in [-0.15, -0.1) is 12.3 Å². The second-order valence-corrected chi connectivity index (χ2v) is 7.10. The zero-order valence-corrected chi connectivity index (χ0v) is 14.8. The summed E-state index contributed by atoms with van der Waals surface area (Å²) in [6.45, 7) is 6.21. The van der Waals surface area contributed by atoms with E-state index in [1.165, 1.54) is 5.56 Å². The van der Waals surface area contributed by atoms with Crippen LogP contribution in [-0.2, 0) is 10.2 Å². The number of β-amino-alcohol motifs (C(OH)–C–C–N with tert-alkyl or cyclic N) is 1. The third kappa shape index (κ3) is 4.74. The highest BCUT2D eigenvalue weighted by molar-refractivity contribution is 6.04. The second kappa shape index (κ2) is 7.58.